The molecule has 1 aromatic rings. The molecule has 0 bridgehead atoms. The van der Waals surface area contributed by atoms with Gasteiger partial charge in [0.2, 0.25) is 0 Å². The van der Waals surface area contributed by atoms with Crippen molar-refractivity contribution < 1.29 is 18.3 Å². The van der Waals surface area contributed by atoms with Gasteiger partial charge in [-0.15, -0.1) is 0 Å². The zero-order valence-corrected chi connectivity index (χ0v) is 11.4. The molecule has 0 aliphatic carbocycles. The number of unbranched alkanes of at least 4 members (excludes halogenated alkanes) is 1. The van der Waals surface area contributed by atoms with E-state index in [4.69, 9.17) is 4.74 Å². The minimum absolute atomic E-state index is 0.183. The van der Waals surface area contributed by atoms with E-state index in [-0.39, 0.29) is 11.8 Å². The Balaban J connectivity index is 2.33. The number of benzene rings is 1. The number of hydrogen-bond acceptors (Lipinski definition) is 3. The molecule has 0 fully saturated rings. The van der Waals surface area contributed by atoms with Crippen molar-refractivity contribution in [2.45, 2.75) is 32.4 Å². The Bertz CT molecular complexity index is 344. The van der Waals surface area contributed by atoms with Gasteiger partial charge >= 0.3 is 6.61 Å². The monoisotopic (exact) mass is 273 g/mol. The predicted molar refractivity (Wildman–Crippen MR) is 70.6 cm³/mol. The first kappa shape index (κ1) is 15.9. The second kappa shape index (κ2) is 8.82. The summed E-state index contributed by atoms with van der Waals surface area (Å²) in [6, 6.07) is 6.90. The van der Waals surface area contributed by atoms with E-state index in [1.54, 1.807) is 31.4 Å². The highest BCUT2D eigenvalue weighted by Crippen LogP contribution is 2.19. The average Bonchev–Trinajstić information content (AvgIpc) is 2.38. The minimum Gasteiger partial charge on any atom is -0.435 e. The summed E-state index contributed by atoms with van der Waals surface area (Å²) in [5, 5.41) is 3.37. The number of methoxy groups -OCH3 is 1. The van der Waals surface area contributed by atoms with Gasteiger partial charge in [-0.25, -0.2) is 0 Å². The van der Waals surface area contributed by atoms with Crippen molar-refractivity contribution in [2.24, 2.45) is 0 Å². The van der Waals surface area contributed by atoms with Crippen LogP contribution >= 0.6 is 0 Å². The van der Waals surface area contributed by atoms with Gasteiger partial charge in [0, 0.05) is 19.8 Å². The first-order valence-corrected chi connectivity index (χ1v) is 6.40. The van der Waals surface area contributed by atoms with E-state index in [1.165, 1.54) is 0 Å². The van der Waals surface area contributed by atoms with E-state index in [0.717, 1.165) is 31.6 Å². The van der Waals surface area contributed by atoms with Crippen molar-refractivity contribution in [2.75, 3.05) is 20.3 Å². The maximum Gasteiger partial charge on any atom is 0.387 e. The van der Waals surface area contributed by atoms with Crippen LogP contribution in [0.2, 0.25) is 0 Å². The Morgan fingerprint density at radius 2 is 1.84 bits per heavy atom. The van der Waals surface area contributed by atoms with Gasteiger partial charge in [0.1, 0.15) is 5.75 Å². The SMILES string of the molecule is COCCCCNC(C)c1ccc(OC(F)F)cc1. The average molecular weight is 273 g/mol. The van der Waals surface area contributed by atoms with Crippen molar-refractivity contribution in [3.8, 4) is 5.75 Å². The molecule has 0 aliphatic heterocycles. The third-order valence-corrected chi connectivity index (χ3v) is 2.83. The third kappa shape index (κ3) is 6.50. The molecule has 1 rings (SSSR count). The van der Waals surface area contributed by atoms with Gasteiger partial charge in [0.05, 0.1) is 0 Å². The van der Waals surface area contributed by atoms with E-state index in [1.807, 2.05) is 6.92 Å². The highest BCUT2D eigenvalue weighted by molar-refractivity contribution is 5.28. The molecule has 0 heterocycles. The zero-order chi connectivity index (χ0) is 14.1. The number of rotatable bonds is 9. The fourth-order valence-electron chi connectivity index (χ4n) is 1.75. The van der Waals surface area contributed by atoms with Crippen molar-refractivity contribution in [3.05, 3.63) is 29.8 Å². The number of hydrogen-bond donors (Lipinski definition) is 1. The van der Waals surface area contributed by atoms with Crippen LogP contribution in [-0.2, 0) is 4.74 Å². The third-order valence-electron chi connectivity index (χ3n) is 2.83. The first-order valence-electron chi connectivity index (χ1n) is 6.40. The van der Waals surface area contributed by atoms with Crippen LogP contribution in [0, 0.1) is 0 Å². The van der Waals surface area contributed by atoms with Crippen LogP contribution in [-0.4, -0.2) is 26.9 Å². The summed E-state index contributed by atoms with van der Waals surface area (Å²) in [5.74, 6) is 0.186. The molecule has 108 valence electrons. The van der Waals surface area contributed by atoms with Crippen molar-refractivity contribution in [1.82, 2.24) is 5.32 Å². The smallest absolute Gasteiger partial charge is 0.387 e. The number of nitrogens with one attached hydrogen (secondary N) is 1. The molecule has 1 atom stereocenters. The molecule has 1 unspecified atom stereocenters. The highest BCUT2D eigenvalue weighted by Gasteiger charge is 2.07. The Morgan fingerprint density at radius 3 is 2.42 bits per heavy atom. The van der Waals surface area contributed by atoms with Crippen LogP contribution in [0.4, 0.5) is 8.78 Å². The predicted octanol–water partition coefficient (Wildman–Crippen LogP) is 3.37. The van der Waals surface area contributed by atoms with Crippen molar-refractivity contribution in [1.29, 1.82) is 0 Å². The molecule has 0 aliphatic rings. The van der Waals surface area contributed by atoms with Crippen LogP contribution in [0.15, 0.2) is 24.3 Å². The Morgan fingerprint density at radius 1 is 1.16 bits per heavy atom. The number of ether oxygens (including phenoxy) is 2. The maximum atomic E-state index is 12.0. The molecule has 19 heavy (non-hydrogen) atoms. The van der Waals surface area contributed by atoms with Crippen LogP contribution in [0.25, 0.3) is 0 Å². The molecule has 1 aromatic carbocycles. The van der Waals surface area contributed by atoms with Gasteiger partial charge in [-0.05, 0) is 44.0 Å². The van der Waals surface area contributed by atoms with Gasteiger partial charge < -0.3 is 14.8 Å². The standard InChI is InChI=1S/C14H21F2NO2/c1-11(17-9-3-4-10-18-2)12-5-7-13(8-6-12)19-14(15)16/h5-8,11,14,17H,3-4,9-10H2,1-2H3. The van der Waals surface area contributed by atoms with E-state index in [2.05, 4.69) is 10.1 Å². The van der Waals surface area contributed by atoms with E-state index >= 15 is 0 Å². The van der Waals surface area contributed by atoms with Crippen LogP contribution in [0.5, 0.6) is 5.75 Å². The Kier molecular flexibility index (Phi) is 7.36. The van der Waals surface area contributed by atoms with Gasteiger partial charge in [-0.2, -0.15) is 8.78 Å². The molecule has 5 heteroatoms. The molecule has 0 saturated heterocycles. The lowest BCUT2D eigenvalue weighted by Crippen LogP contribution is -2.20. The summed E-state index contributed by atoms with van der Waals surface area (Å²) in [5.41, 5.74) is 1.05. The molecule has 0 amide bonds. The van der Waals surface area contributed by atoms with E-state index < -0.39 is 6.61 Å². The topological polar surface area (TPSA) is 30.5 Å². The lowest BCUT2D eigenvalue weighted by molar-refractivity contribution is -0.0498. The lowest BCUT2D eigenvalue weighted by Gasteiger charge is -2.14. The largest absolute Gasteiger partial charge is 0.435 e. The summed E-state index contributed by atoms with van der Waals surface area (Å²) >= 11 is 0. The molecule has 3 nitrogen and oxygen atoms in total. The molecule has 0 aromatic heterocycles. The molecule has 0 saturated carbocycles. The second-order valence-electron chi connectivity index (χ2n) is 4.32. The first-order chi connectivity index (χ1) is 9.13. The Labute approximate surface area is 112 Å². The fourth-order valence-corrected chi connectivity index (χ4v) is 1.75. The number of alkyl halides is 2. The van der Waals surface area contributed by atoms with Gasteiger partial charge in [-0.1, -0.05) is 12.1 Å². The van der Waals surface area contributed by atoms with Crippen LogP contribution < -0.4 is 10.1 Å². The molecule has 0 radical (unpaired) electrons. The summed E-state index contributed by atoms with van der Waals surface area (Å²) in [7, 11) is 1.69. The van der Waals surface area contributed by atoms with Crippen LogP contribution in [0.1, 0.15) is 31.4 Å². The maximum absolute atomic E-state index is 12.0. The lowest BCUT2D eigenvalue weighted by atomic mass is 10.1. The van der Waals surface area contributed by atoms with Crippen molar-refractivity contribution in [3.63, 3.8) is 0 Å². The van der Waals surface area contributed by atoms with E-state index in [9.17, 15) is 8.78 Å². The normalized spacial score (nSPS) is 12.7. The second-order valence-corrected chi connectivity index (χ2v) is 4.32. The molecule has 1 N–H and O–H groups in total. The minimum atomic E-state index is -2.78. The Hall–Kier alpha value is -1.20. The number of halogens is 2. The summed E-state index contributed by atoms with van der Waals surface area (Å²) < 4.78 is 33.3. The molecular weight excluding hydrogens is 252 g/mol. The summed E-state index contributed by atoms with van der Waals surface area (Å²) in [6.45, 7) is 0.941. The van der Waals surface area contributed by atoms with Gasteiger partial charge in [-0.3, -0.25) is 0 Å². The summed E-state index contributed by atoms with van der Waals surface area (Å²) in [6.07, 6.45) is 2.07. The van der Waals surface area contributed by atoms with Crippen molar-refractivity contribution >= 4 is 0 Å². The summed E-state index contributed by atoms with van der Waals surface area (Å²) in [4.78, 5) is 0. The quantitative estimate of drug-likeness (QED) is 0.700. The van der Waals surface area contributed by atoms with Gasteiger partial charge in [0.25, 0.3) is 0 Å². The highest BCUT2D eigenvalue weighted by atomic mass is 19.3. The zero-order valence-electron chi connectivity index (χ0n) is 11.4. The van der Waals surface area contributed by atoms with Crippen LogP contribution in [0.3, 0.4) is 0 Å². The molecular formula is C14H21F2NO2. The van der Waals surface area contributed by atoms with Gasteiger partial charge in [0.15, 0.2) is 0 Å². The fraction of sp³-hybridized carbons (Fsp3) is 0.571. The van der Waals surface area contributed by atoms with E-state index in [0.29, 0.717) is 0 Å². The molecule has 0 spiro atoms.